The van der Waals surface area contributed by atoms with Gasteiger partial charge in [0.05, 0.1) is 18.8 Å². The van der Waals surface area contributed by atoms with Gasteiger partial charge < -0.3 is 9.47 Å². The normalized spacial score (nSPS) is 14.1. The molecule has 0 saturated carbocycles. The highest BCUT2D eigenvalue weighted by molar-refractivity contribution is 14.2. The fourth-order valence-corrected chi connectivity index (χ4v) is 4.05. The molecule has 1 heterocycles. The molecule has 0 spiro atoms. The molecule has 5 heteroatoms. The SMILES string of the molecule is CC(C)CCCOC(=O)C1=C(C(=O)OCCCC(C)C)I=CC=C1. The average molecular weight is 448 g/mol. The maximum absolute atomic E-state index is 12.3. The first-order chi connectivity index (χ1) is 11.4. The molecule has 0 saturated heterocycles. The Morgan fingerprint density at radius 3 is 2.04 bits per heavy atom. The number of halogens is 1. The molecule has 0 aromatic carbocycles. The van der Waals surface area contributed by atoms with Crippen molar-refractivity contribution in [1.29, 1.82) is 0 Å². The third-order valence-electron chi connectivity index (χ3n) is 3.46. The van der Waals surface area contributed by atoms with Crippen LogP contribution in [0.3, 0.4) is 0 Å². The summed E-state index contributed by atoms with van der Waals surface area (Å²) in [6.07, 6.45) is 7.23. The first-order valence-electron chi connectivity index (χ1n) is 8.63. The lowest BCUT2D eigenvalue weighted by atomic mass is 10.1. The van der Waals surface area contributed by atoms with Gasteiger partial charge in [0.15, 0.2) is 0 Å². The summed E-state index contributed by atoms with van der Waals surface area (Å²) >= 11 is -0.638. The van der Waals surface area contributed by atoms with Gasteiger partial charge in [-0.25, -0.2) is 9.59 Å². The molecule has 0 amide bonds. The summed E-state index contributed by atoms with van der Waals surface area (Å²) in [5, 5.41) is 0. The van der Waals surface area contributed by atoms with Crippen LogP contribution < -0.4 is 0 Å². The van der Waals surface area contributed by atoms with Crippen LogP contribution in [0.25, 0.3) is 0 Å². The summed E-state index contributed by atoms with van der Waals surface area (Å²) in [6.45, 7) is 9.37. The Labute approximate surface area is 155 Å². The maximum Gasteiger partial charge on any atom is 0.344 e. The van der Waals surface area contributed by atoms with Crippen molar-refractivity contribution >= 4 is 36.7 Å². The van der Waals surface area contributed by atoms with Crippen LogP contribution in [0, 0.1) is 11.8 Å². The minimum Gasteiger partial charge on any atom is -0.462 e. The molecule has 24 heavy (non-hydrogen) atoms. The molecule has 1 aliphatic rings. The molecule has 1 aliphatic heterocycles. The minimum absolute atomic E-state index is 0.360. The van der Waals surface area contributed by atoms with Gasteiger partial charge in [0.1, 0.15) is 3.58 Å². The van der Waals surface area contributed by atoms with E-state index in [0.717, 1.165) is 25.7 Å². The molecule has 0 bridgehead atoms. The van der Waals surface area contributed by atoms with Gasteiger partial charge in [-0.3, -0.25) is 0 Å². The zero-order valence-corrected chi connectivity index (χ0v) is 17.3. The van der Waals surface area contributed by atoms with E-state index in [1.165, 1.54) is 0 Å². The molecule has 0 atom stereocenters. The van der Waals surface area contributed by atoms with Crippen molar-refractivity contribution in [3.63, 3.8) is 0 Å². The fraction of sp³-hybridized carbons (Fsp3) is 0.632. The van der Waals surface area contributed by atoms with E-state index >= 15 is 0 Å². The van der Waals surface area contributed by atoms with Gasteiger partial charge in [-0.1, -0.05) is 54.5 Å². The smallest absolute Gasteiger partial charge is 0.344 e. The van der Waals surface area contributed by atoms with E-state index in [1.54, 1.807) is 6.08 Å². The third kappa shape index (κ3) is 8.22. The summed E-state index contributed by atoms with van der Waals surface area (Å²) < 4.78 is 13.1. The second-order valence-electron chi connectivity index (χ2n) is 6.67. The average Bonchev–Trinajstić information content (AvgIpc) is 2.54. The van der Waals surface area contributed by atoms with Crippen LogP contribution in [0.4, 0.5) is 0 Å². The predicted octanol–water partition coefficient (Wildman–Crippen LogP) is 4.54. The Hall–Kier alpha value is -0.980. The van der Waals surface area contributed by atoms with E-state index in [4.69, 9.17) is 9.47 Å². The molecule has 0 radical (unpaired) electrons. The molecule has 0 aromatic rings. The summed E-state index contributed by atoms with van der Waals surface area (Å²) in [4.78, 5) is 24.5. The Bertz CT molecular complexity index is 469. The van der Waals surface area contributed by atoms with Crippen LogP contribution in [0.5, 0.6) is 0 Å². The zero-order valence-electron chi connectivity index (χ0n) is 15.1. The van der Waals surface area contributed by atoms with Gasteiger partial charge in [0.2, 0.25) is 0 Å². The predicted molar refractivity (Wildman–Crippen MR) is 106 cm³/mol. The number of carbonyl (C=O) groups is 2. The monoisotopic (exact) mass is 448 g/mol. The van der Waals surface area contributed by atoms with Crippen LogP contribution in [0.1, 0.15) is 53.4 Å². The number of hydrogen-bond donors (Lipinski definition) is 0. The Morgan fingerprint density at radius 1 is 0.958 bits per heavy atom. The molecular formula is C19H29IO4. The second-order valence-corrected chi connectivity index (χ2v) is 9.09. The summed E-state index contributed by atoms with van der Waals surface area (Å²) in [6, 6.07) is 0. The topological polar surface area (TPSA) is 52.6 Å². The quantitative estimate of drug-likeness (QED) is 0.280. The van der Waals surface area contributed by atoms with Crippen molar-refractivity contribution in [2.24, 2.45) is 11.8 Å². The summed E-state index contributed by atoms with van der Waals surface area (Å²) in [7, 11) is 0. The van der Waals surface area contributed by atoms with Gasteiger partial charge >= 0.3 is 11.9 Å². The lowest BCUT2D eigenvalue weighted by Gasteiger charge is -2.12. The molecule has 0 aromatic heterocycles. The van der Waals surface area contributed by atoms with Crippen molar-refractivity contribution in [2.75, 3.05) is 13.2 Å². The van der Waals surface area contributed by atoms with Crippen LogP contribution in [0.15, 0.2) is 21.3 Å². The van der Waals surface area contributed by atoms with Crippen molar-refractivity contribution in [2.45, 2.75) is 53.4 Å². The van der Waals surface area contributed by atoms with Crippen LogP contribution in [0.2, 0.25) is 0 Å². The molecule has 0 aliphatic carbocycles. The number of esters is 2. The van der Waals surface area contributed by atoms with E-state index in [-0.39, 0.29) is 5.97 Å². The van der Waals surface area contributed by atoms with Crippen LogP contribution in [-0.2, 0) is 19.1 Å². The van der Waals surface area contributed by atoms with E-state index < -0.39 is 26.7 Å². The van der Waals surface area contributed by atoms with Gasteiger partial charge in [-0.05, 0) is 47.6 Å². The lowest BCUT2D eigenvalue weighted by Crippen LogP contribution is -2.15. The zero-order chi connectivity index (χ0) is 17.9. The first-order valence-corrected chi connectivity index (χ1v) is 11.0. The first kappa shape index (κ1) is 21.1. The number of hydrogen-bond acceptors (Lipinski definition) is 4. The molecule has 4 nitrogen and oxygen atoms in total. The van der Waals surface area contributed by atoms with E-state index in [0.29, 0.717) is 34.2 Å². The molecular weight excluding hydrogens is 419 g/mol. The molecule has 1 rings (SSSR count). The van der Waals surface area contributed by atoms with Gasteiger partial charge in [-0.2, -0.15) is 0 Å². The highest BCUT2D eigenvalue weighted by Crippen LogP contribution is 2.26. The largest absolute Gasteiger partial charge is 0.462 e. The third-order valence-corrected chi connectivity index (χ3v) is 5.88. The summed E-state index contributed by atoms with van der Waals surface area (Å²) in [5.74, 6) is 0.422. The van der Waals surface area contributed by atoms with Gasteiger partial charge in [0, 0.05) is 0 Å². The Balaban J connectivity index is 2.57. The van der Waals surface area contributed by atoms with Crippen LogP contribution in [-0.4, -0.2) is 29.2 Å². The van der Waals surface area contributed by atoms with Crippen molar-refractivity contribution in [1.82, 2.24) is 0 Å². The molecule has 0 unspecified atom stereocenters. The highest BCUT2D eigenvalue weighted by Gasteiger charge is 2.21. The van der Waals surface area contributed by atoms with E-state index in [1.807, 2.05) is 10.1 Å². The maximum atomic E-state index is 12.3. The molecule has 0 N–H and O–H groups in total. The lowest BCUT2D eigenvalue weighted by molar-refractivity contribution is -0.141. The number of carbonyl (C=O) groups excluding carboxylic acids is 2. The number of allylic oxidation sites excluding steroid dienone is 1. The van der Waals surface area contributed by atoms with Crippen LogP contribution >= 0.6 is 20.7 Å². The second kappa shape index (κ2) is 11.6. The minimum atomic E-state index is -0.638. The van der Waals surface area contributed by atoms with E-state index in [2.05, 4.69) is 27.7 Å². The Kier molecular flexibility index (Phi) is 10.1. The van der Waals surface area contributed by atoms with Crippen molar-refractivity contribution < 1.29 is 19.1 Å². The van der Waals surface area contributed by atoms with Gasteiger partial charge in [0.25, 0.3) is 0 Å². The Morgan fingerprint density at radius 2 is 1.50 bits per heavy atom. The van der Waals surface area contributed by atoms with Gasteiger partial charge in [-0.15, -0.1) is 0 Å². The highest BCUT2D eigenvalue weighted by atomic mass is 127. The number of rotatable bonds is 10. The molecule has 136 valence electrons. The van der Waals surface area contributed by atoms with Crippen molar-refractivity contribution in [3.05, 3.63) is 21.3 Å². The molecule has 0 fully saturated rings. The van der Waals surface area contributed by atoms with E-state index in [9.17, 15) is 9.59 Å². The summed E-state index contributed by atoms with van der Waals surface area (Å²) in [5.41, 5.74) is 0.378. The fourth-order valence-electron chi connectivity index (χ4n) is 2.13. The van der Waals surface area contributed by atoms with Crippen molar-refractivity contribution in [3.8, 4) is 0 Å². The standard InChI is InChI=1S/C19H29IO4/c1-14(2)8-6-12-23-18(21)16-10-5-11-20-17(16)19(22)24-13-7-9-15(3)4/h5,10-11,14-15H,6-9,12-13H2,1-4H3. The number of ether oxygens (including phenoxy) is 2.